The number of carboxylic acids is 1. The van der Waals surface area contributed by atoms with Crippen molar-refractivity contribution >= 4 is 23.5 Å². The first-order valence-corrected chi connectivity index (χ1v) is 5.47. The van der Waals surface area contributed by atoms with Gasteiger partial charge < -0.3 is 15.8 Å². The molecule has 0 saturated carbocycles. The molecule has 18 heavy (non-hydrogen) atoms. The number of H-pyrrole nitrogens is 1. The van der Waals surface area contributed by atoms with Gasteiger partial charge in [-0.05, 0) is 17.8 Å². The summed E-state index contributed by atoms with van der Waals surface area (Å²) in [5.74, 6) is -1.10. The SMILES string of the molecule is Nc1cc(=O)[nH]c(Sc2nnccc2C(=O)O)n1. The lowest BCUT2D eigenvalue weighted by atomic mass is 10.3. The van der Waals surface area contributed by atoms with Gasteiger partial charge in [0.25, 0.3) is 5.56 Å². The lowest BCUT2D eigenvalue weighted by Crippen LogP contribution is -2.10. The first-order valence-electron chi connectivity index (χ1n) is 4.66. The molecule has 2 aromatic rings. The van der Waals surface area contributed by atoms with E-state index in [1.807, 2.05) is 0 Å². The Bertz CT molecular complexity index is 657. The van der Waals surface area contributed by atoms with Crippen molar-refractivity contribution in [3.63, 3.8) is 0 Å². The first-order chi connectivity index (χ1) is 8.56. The molecule has 0 unspecified atom stereocenters. The largest absolute Gasteiger partial charge is 0.478 e. The van der Waals surface area contributed by atoms with Gasteiger partial charge in [0.15, 0.2) is 5.16 Å². The van der Waals surface area contributed by atoms with E-state index >= 15 is 0 Å². The molecule has 0 aromatic carbocycles. The minimum absolute atomic E-state index is 0.0277. The Balaban J connectivity index is 2.40. The van der Waals surface area contributed by atoms with E-state index in [9.17, 15) is 9.59 Å². The van der Waals surface area contributed by atoms with Gasteiger partial charge in [-0.3, -0.25) is 4.79 Å². The van der Waals surface area contributed by atoms with Crippen LogP contribution in [-0.2, 0) is 0 Å². The minimum Gasteiger partial charge on any atom is -0.478 e. The number of nitrogens with zero attached hydrogens (tertiary/aromatic N) is 3. The van der Waals surface area contributed by atoms with Crippen LogP contribution >= 0.6 is 11.8 Å². The standard InChI is InChI=1S/C9H7N5O3S/c10-5-3-6(15)13-9(12-5)18-7-4(8(16)17)1-2-11-14-7/h1-3H,(H,16,17)(H3,10,12,13,15). The van der Waals surface area contributed by atoms with Crippen LogP contribution in [0, 0.1) is 0 Å². The first kappa shape index (κ1) is 12.0. The molecular formula is C9H7N5O3S. The fourth-order valence-electron chi connectivity index (χ4n) is 1.15. The Labute approximate surface area is 104 Å². The number of hydrogen-bond acceptors (Lipinski definition) is 7. The highest BCUT2D eigenvalue weighted by atomic mass is 32.2. The van der Waals surface area contributed by atoms with E-state index < -0.39 is 11.5 Å². The molecule has 0 aliphatic rings. The molecule has 0 amide bonds. The molecule has 2 aromatic heterocycles. The Hall–Kier alpha value is -2.42. The third kappa shape index (κ3) is 2.63. The number of nitrogen functional groups attached to an aromatic ring is 1. The maximum absolute atomic E-state index is 11.2. The summed E-state index contributed by atoms with van der Waals surface area (Å²) in [6.45, 7) is 0. The molecule has 0 bridgehead atoms. The van der Waals surface area contributed by atoms with Gasteiger partial charge in [-0.25, -0.2) is 9.78 Å². The Morgan fingerprint density at radius 3 is 2.94 bits per heavy atom. The Morgan fingerprint density at radius 2 is 2.28 bits per heavy atom. The third-order valence-electron chi connectivity index (χ3n) is 1.85. The van der Waals surface area contributed by atoms with Crippen LogP contribution in [0.25, 0.3) is 0 Å². The van der Waals surface area contributed by atoms with Crippen molar-refractivity contribution in [2.75, 3.05) is 5.73 Å². The Kier molecular flexibility index (Phi) is 3.24. The summed E-state index contributed by atoms with van der Waals surface area (Å²) in [4.78, 5) is 28.4. The number of aromatic nitrogens is 4. The van der Waals surface area contributed by atoms with Crippen LogP contribution in [0.4, 0.5) is 5.82 Å². The smallest absolute Gasteiger partial charge is 0.338 e. The molecule has 0 aliphatic heterocycles. The number of carboxylic acid groups (broad SMARTS) is 1. The van der Waals surface area contributed by atoms with Gasteiger partial charge in [-0.2, -0.15) is 5.10 Å². The maximum Gasteiger partial charge on any atom is 0.338 e. The summed E-state index contributed by atoms with van der Waals surface area (Å²) in [5, 5.41) is 16.5. The molecule has 9 heteroatoms. The second-order valence-corrected chi connectivity index (χ2v) is 4.11. The van der Waals surface area contributed by atoms with Crippen molar-refractivity contribution in [1.29, 1.82) is 0 Å². The van der Waals surface area contributed by atoms with Gasteiger partial charge in [-0.15, -0.1) is 5.10 Å². The zero-order chi connectivity index (χ0) is 13.1. The minimum atomic E-state index is -1.14. The monoisotopic (exact) mass is 265 g/mol. The predicted molar refractivity (Wildman–Crippen MR) is 62.4 cm³/mol. The van der Waals surface area contributed by atoms with E-state index in [1.54, 1.807) is 0 Å². The summed E-state index contributed by atoms with van der Waals surface area (Å²) >= 11 is 0.870. The molecule has 0 saturated heterocycles. The summed E-state index contributed by atoms with van der Waals surface area (Å²) in [5.41, 5.74) is 4.96. The molecule has 0 fully saturated rings. The van der Waals surface area contributed by atoms with E-state index in [1.165, 1.54) is 12.3 Å². The number of rotatable bonds is 3. The van der Waals surface area contributed by atoms with E-state index in [-0.39, 0.29) is 21.6 Å². The second kappa shape index (κ2) is 4.84. The van der Waals surface area contributed by atoms with Crippen molar-refractivity contribution in [3.05, 3.63) is 34.2 Å². The van der Waals surface area contributed by atoms with Crippen LogP contribution in [0.2, 0.25) is 0 Å². The highest BCUT2D eigenvalue weighted by molar-refractivity contribution is 7.99. The molecule has 0 aliphatic carbocycles. The number of aromatic carboxylic acids is 1. The molecule has 0 spiro atoms. The lowest BCUT2D eigenvalue weighted by Gasteiger charge is -2.02. The average Bonchev–Trinajstić information content (AvgIpc) is 2.27. The third-order valence-corrected chi connectivity index (χ3v) is 2.73. The zero-order valence-electron chi connectivity index (χ0n) is 8.82. The van der Waals surface area contributed by atoms with Gasteiger partial charge in [0.2, 0.25) is 0 Å². The molecule has 2 rings (SSSR count). The molecule has 2 heterocycles. The Morgan fingerprint density at radius 1 is 1.50 bits per heavy atom. The van der Waals surface area contributed by atoms with Crippen molar-refractivity contribution in [2.24, 2.45) is 0 Å². The maximum atomic E-state index is 11.2. The molecular weight excluding hydrogens is 258 g/mol. The van der Waals surface area contributed by atoms with Crippen LogP contribution in [0.3, 0.4) is 0 Å². The number of anilines is 1. The number of aromatic amines is 1. The van der Waals surface area contributed by atoms with E-state index in [0.717, 1.165) is 17.8 Å². The van der Waals surface area contributed by atoms with E-state index in [0.29, 0.717) is 0 Å². The molecule has 92 valence electrons. The average molecular weight is 265 g/mol. The van der Waals surface area contributed by atoms with Crippen LogP contribution in [0.15, 0.2) is 33.3 Å². The molecule has 0 atom stereocenters. The summed E-state index contributed by atoms with van der Waals surface area (Å²) in [7, 11) is 0. The van der Waals surface area contributed by atoms with Crippen LogP contribution in [0.1, 0.15) is 10.4 Å². The van der Waals surface area contributed by atoms with Gasteiger partial charge in [-0.1, -0.05) is 0 Å². The molecule has 8 nitrogen and oxygen atoms in total. The van der Waals surface area contributed by atoms with E-state index in [4.69, 9.17) is 10.8 Å². The van der Waals surface area contributed by atoms with Crippen LogP contribution in [0.5, 0.6) is 0 Å². The topological polar surface area (TPSA) is 135 Å². The van der Waals surface area contributed by atoms with Gasteiger partial charge in [0, 0.05) is 6.07 Å². The quantitative estimate of drug-likeness (QED) is 0.659. The second-order valence-electron chi connectivity index (χ2n) is 3.13. The fourth-order valence-corrected chi connectivity index (χ4v) is 1.99. The highest BCUT2D eigenvalue weighted by Gasteiger charge is 2.14. The fraction of sp³-hybridized carbons (Fsp3) is 0. The van der Waals surface area contributed by atoms with Crippen molar-refractivity contribution < 1.29 is 9.90 Å². The van der Waals surface area contributed by atoms with Gasteiger partial charge in [0.1, 0.15) is 10.8 Å². The number of nitrogens with one attached hydrogen (secondary N) is 1. The molecule has 0 radical (unpaired) electrons. The van der Waals surface area contributed by atoms with Crippen LogP contribution in [-0.4, -0.2) is 31.2 Å². The number of carbonyl (C=O) groups is 1. The summed E-state index contributed by atoms with van der Waals surface area (Å²) < 4.78 is 0. The summed E-state index contributed by atoms with van der Waals surface area (Å²) in [6, 6.07) is 2.43. The molecule has 4 N–H and O–H groups in total. The van der Waals surface area contributed by atoms with Crippen molar-refractivity contribution in [1.82, 2.24) is 20.2 Å². The number of hydrogen-bond donors (Lipinski definition) is 3. The van der Waals surface area contributed by atoms with E-state index in [2.05, 4.69) is 20.2 Å². The summed E-state index contributed by atoms with van der Waals surface area (Å²) in [6.07, 6.45) is 1.27. The highest BCUT2D eigenvalue weighted by Crippen LogP contribution is 2.24. The lowest BCUT2D eigenvalue weighted by molar-refractivity contribution is 0.0692. The van der Waals surface area contributed by atoms with Crippen molar-refractivity contribution in [3.8, 4) is 0 Å². The normalized spacial score (nSPS) is 10.2. The van der Waals surface area contributed by atoms with Gasteiger partial charge >= 0.3 is 5.97 Å². The number of nitrogens with two attached hydrogens (primary N) is 1. The zero-order valence-corrected chi connectivity index (χ0v) is 9.64. The van der Waals surface area contributed by atoms with Crippen LogP contribution < -0.4 is 11.3 Å². The van der Waals surface area contributed by atoms with Gasteiger partial charge in [0.05, 0.1) is 11.8 Å². The predicted octanol–water partition coefficient (Wildman–Crippen LogP) is -0.00850. The van der Waals surface area contributed by atoms with Crippen molar-refractivity contribution in [2.45, 2.75) is 10.2 Å².